The zero-order valence-electron chi connectivity index (χ0n) is 15.3. The van der Waals surface area contributed by atoms with Gasteiger partial charge in [-0.2, -0.15) is 0 Å². The summed E-state index contributed by atoms with van der Waals surface area (Å²) in [6.45, 7) is 0.527. The lowest BCUT2D eigenvalue weighted by Crippen LogP contribution is -2.52. The molecule has 2 atom stereocenters. The number of aryl methyl sites for hydroxylation is 2. The topological polar surface area (TPSA) is 82.1 Å². The Morgan fingerprint density at radius 1 is 1.15 bits per heavy atom. The minimum Gasteiger partial charge on any atom is -0.338 e. The van der Waals surface area contributed by atoms with Crippen LogP contribution in [0, 0.1) is 5.92 Å². The summed E-state index contributed by atoms with van der Waals surface area (Å²) in [5.74, 6) is 0.447. The van der Waals surface area contributed by atoms with Gasteiger partial charge in [-0.3, -0.25) is 14.2 Å². The minimum absolute atomic E-state index is 0.123. The highest BCUT2D eigenvalue weighted by Crippen LogP contribution is 2.35. The van der Waals surface area contributed by atoms with Crippen molar-refractivity contribution in [1.82, 2.24) is 23.6 Å². The van der Waals surface area contributed by atoms with Crippen LogP contribution >= 0.6 is 0 Å². The van der Waals surface area contributed by atoms with Crippen molar-refractivity contribution >= 4 is 17.1 Å². The van der Waals surface area contributed by atoms with Crippen LogP contribution in [0.5, 0.6) is 0 Å². The van der Waals surface area contributed by atoms with E-state index in [2.05, 4.69) is 4.98 Å². The van der Waals surface area contributed by atoms with E-state index in [1.165, 1.54) is 30.2 Å². The van der Waals surface area contributed by atoms with Crippen LogP contribution in [0.2, 0.25) is 0 Å². The number of carbonyl (C=O) groups excluding carboxylic acids is 1. The van der Waals surface area contributed by atoms with Crippen LogP contribution in [0.25, 0.3) is 11.2 Å². The summed E-state index contributed by atoms with van der Waals surface area (Å²) in [6, 6.07) is 0.269. The Hall–Kier alpha value is -2.38. The Balaban J connectivity index is 1.69. The quantitative estimate of drug-likeness (QED) is 0.787. The number of hydrogen-bond donors (Lipinski definition) is 0. The van der Waals surface area contributed by atoms with Crippen molar-refractivity contribution in [1.29, 1.82) is 0 Å². The van der Waals surface area contributed by atoms with Crippen molar-refractivity contribution in [3.05, 3.63) is 27.2 Å². The van der Waals surface area contributed by atoms with Gasteiger partial charge in [-0.25, -0.2) is 14.3 Å². The lowest BCUT2D eigenvalue weighted by Gasteiger charge is -2.44. The molecule has 0 N–H and O–H groups in total. The van der Waals surface area contributed by atoms with E-state index in [1.807, 2.05) is 4.90 Å². The van der Waals surface area contributed by atoms with E-state index in [-0.39, 0.29) is 18.5 Å². The fourth-order valence-corrected chi connectivity index (χ4v) is 4.70. The van der Waals surface area contributed by atoms with Crippen molar-refractivity contribution in [2.45, 2.75) is 51.1 Å². The number of hydrogen-bond acceptors (Lipinski definition) is 4. The molecule has 0 bridgehead atoms. The molecule has 26 heavy (non-hydrogen) atoms. The van der Waals surface area contributed by atoms with Crippen LogP contribution in [0.1, 0.15) is 38.5 Å². The first-order valence-electron chi connectivity index (χ1n) is 9.39. The largest absolute Gasteiger partial charge is 0.338 e. The molecular weight excluding hydrogens is 334 g/mol. The highest BCUT2D eigenvalue weighted by Gasteiger charge is 2.36. The second-order valence-electron chi connectivity index (χ2n) is 7.60. The van der Waals surface area contributed by atoms with Gasteiger partial charge >= 0.3 is 5.69 Å². The number of likely N-dealkylation sites (tertiary alicyclic amines) is 1. The van der Waals surface area contributed by atoms with E-state index in [9.17, 15) is 14.4 Å². The molecule has 0 aromatic carbocycles. The molecule has 2 aliphatic rings. The summed E-state index contributed by atoms with van der Waals surface area (Å²) in [5.41, 5.74) is -0.258. The Morgan fingerprint density at radius 2 is 1.88 bits per heavy atom. The Labute approximate surface area is 151 Å². The maximum atomic E-state index is 13.0. The molecule has 4 rings (SSSR count). The number of piperidine rings is 1. The third-order valence-corrected chi connectivity index (χ3v) is 6.06. The molecule has 0 spiro atoms. The van der Waals surface area contributed by atoms with Gasteiger partial charge in [0.05, 0.1) is 6.33 Å². The molecule has 1 saturated carbocycles. The average molecular weight is 359 g/mol. The van der Waals surface area contributed by atoms with Crippen LogP contribution in [-0.2, 0) is 25.4 Å². The third kappa shape index (κ3) is 2.59. The molecule has 140 valence electrons. The lowest BCUT2D eigenvalue weighted by atomic mass is 9.78. The maximum absolute atomic E-state index is 13.0. The first-order valence-corrected chi connectivity index (χ1v) is 9.39. The molecule has 0 unspecified atom stereocenters. The van der Waals surface area contributed by atoms with Gasteiger partial charge in [0.2, 0.25) is 5.91 Å². The fourth-order valence-electron chi connectivity index (χ4n) is 4.70. The predicted octanol–water partition coefficient (Wildman–Crippen LogP) is 0.615. The summed E-state index contributed by atoms with van der Waals surface area (Å²) in [7, 11) is 3.29. The van der Waals surface area contributed by atoms with Gasteiger partial charge in [0.1, 0.15) is 6.54 Å². The van der Waals surface area contributed by atoms with Crippen molar-refractivity contribution in [2.24, 2.45) is 20.0 Å². The smallest absolute Gasteiger partial charge is 0.332 e. The van der Waals surface area contributed by atoms with Crippen molar-refractivity contribution in [3.63, 3.8) is 0 Å². The Kier molecular flexibility index (Phi) is 4.20. The molecule has 2 aromatic rings. The molecular formula is C18H25N5O3. The standard InChI is InChI=1S/C18H25N5O3/c1-20-11-19-16-15(20)17(25)23(18(26)21(16)2)10-14(24)22-9-5-7-12-6-3-4-8-13(12)22/h11-13H,3-10H2,1-2H3/t12-,13-/m1/s1. The molecule has 1 aliphatic carbocycles. The Morgan fingerprint density at radius 3 is 2.69 bits per heavy atom. The van der Waals surface area contributed by atoms with E-state index in [4.69, 9.17) is 0 Å². The number of aromatic nitrogens is 4. The molecule has 0 radical (unpaired) electrons. The second-order valence-corrected chi connectivity index (χ2v) is 7.60. The number of imidazole rings is 1. The maximum Gasteiger partial charge on any atom is 0.332 e. The van der Waals surface area contributed by atoms with Gasteiger partial charge < -0.3 is 9.47 Å². The third-order valence-electron chi connectivity index (χ3n) is 6.06. The van der Waals surface area contributed by atoms with Gasteiger partial charge in [-0.1, -0.05) is 12.8 Å². The van der Waals surface area contributed by atoms with Crippen molar-refractivity contribution < 1.29 is 4.79 Å². The van der Waals surface area contributed by atoms with Gasteiger partial charge in [0.15, 0.2) is 11.2 Å². The zero-order chi connectivity index (χ0) is 18.4. The van der Waals surface area contributed by atoms with Gasteiger partial charge in [-0.05, 0) is 31.6 Å². The number of nitrogens with zero attached hydrogens (tertiary/aromatic N) is 5. The zero-order valence-corrected chi connectivity index (χ0v) is 15.3. The highest BCUT2D eigenvalue weighted by molar-refractivity contribution is 5.77. The molecule has 2 fully saturated rings. The summed E-state index contributed by atoms with van der Waals surface area (Å²) >= 11 is 0. The summed E-state index contributed by atoms with van der Waals surface area (Å²) < 4.78 is 3.98. The van der Waals surface area contributed by atoms with Crippen LogP contribution in [0.15, 0.2) is 15.9 Å². The van der Waals surface area contributed by atoms with Crippen LogP contribution < -0.4 is 11.2 Å². The molecule has 8 nitrogen and oxygen atoms in total. The van der Waals surface area contributed by atoms with Gasteiger partial charge in [-0.15, -0.1) is 0 Å². The molecule has 2 aromatic heterocycles. The fraction of sp³-hybridized carbons (Fsp3) is 0.667. The van der Waals surface area contributed by atoms with E-state index >= 15 is 0 Å². The first kappa shape index (κ1) is 17.1. The second kappa shape index (κ2) is 6.41. The summed E-state index contributed by atoms with van der Waals surface area (Å²) in [4.78, 5) is 44.5. The first-order chi connectivity index (χ1) is 12.5. The normalized spacial score (nSPS) is 23.2. The number of carbonyl (C=O) groups is 1. The van der Waals surface area contributed by atoms with Crippen LogP contribution in [-0.4, -0.2) is 42.1 Å². The van der Waals surface area contributed by atoms with Gasteiger partial charge in [0.25, 0.3) is 5.56 Å². The molecule has 1 amide bonds. The van der Waals surface area contributed by atoms with Crippen molar-refractivity contribution in [2.75, 3.05) is 6.54 Å². The van der Waals surface area contributed by atoms with Crippen LogP contribution in [0.3, 0.4) is 0 Å². The number of fused-ring (bicyclic) bond motifs is 2. The van der Waals surface area contributed by atoms with Crippen LogP contribution in [0.4, 0.5) is 0 Å². The monoisotopic (exact) mass is 359 g/mol. The highest BCUT2D eigenvalue weighted by atomic mass is 16.2. The van der Waals surface area contributed by atoms with E-state index < -0.39 is 11.2 Å². The van der Waals surface area contributed by atoms with E-state index in [1.54, 1.807) is 18.7 Å². The minimum atomic E-state index is -0.494. The summed E-state index contributed by atoms with van der Waals surface area (Å²) in [6.07, 6.45) is 8.28. The molecule has 8 heteroatoms. The van der Waals surface area contributed by atoms with Gasteiger partial charge in [0, 0.05) is 26.7 Å². The predicted molar refractivity (Wildman–Crippen MR) is 96.9 cm³/mol. The lowest BCUT2D eigenvalue weighted by molar-refractivity contribution is -0.138. The molecule has 3 heterocycles. The SMILES string of the molecule is Cn1cnc2c1c(=O)n(CC(=O)N1CCC[C@H]3CCCC[C@H]31)c(=O)n2C. The molecule has 1 aliphatic heterocycles. The van der Waals surface area contributed by atoms with E-state index in [0.717, 1.165) is 30.4 Å². The summed E-state index contributed by atoms with van der Waals surface area (Å²) in [5, 5.41) is 0. The molecule has 1 saturated heterocycles. The van der Waals surface area contributed by atoms with E-state index in [0.29, 0.717) is 17.1 Å². The average Bonchev–Trinajstić information content (AvgIpc) is 3.04. The Bertz CT molecular complexity index is 968. The van der Waals surface area contributed by atoms with Crippen molar-refractivity contribution in [3.8, 4) is 0 Å². The number of rotatable bonds is 2. The number of amides is 1.